The third-order valence-electron chi connectivity index (χ3n) is 4.53. The van der Waals surface area contributed by atoms with E-state index in [0.717, 1.165) is 24.8 Å². The summed E-state index contributed by atoms with van der Waals surface area (Å²) in [6.45, 7) is 3.83. The monoisotopic (exact) mass is 343 g/mol. The van der Waals surface area contributed by atoms with E-state index in [9.17, 15) is 9.59 Å². The first-order chi connectivity index (χ1) is 12.1. The van der Waals surface area contributed by atoms with Crippen LogP contribution in [0.5, 0.6) is 0 Å². The van der Waals surface area contributed by atoms with Crippen molar-refractivity contribution in [1.82, 2.24) is 25.5 Å². The van der Waals surface area contributed by atoms with Gasteiger partial charge in [-0.1, -0.05) is 12.1 Å². The van der Waals surface area contributed by atoms with Gasteiger partial charge >= 0.3 is 5.97 Å². The van der Waals surface area contributed by atoms with E-state index in [1.807, 2.05) is 18.7 Å². The molecule has 0 aliphatic carbocycles. The quantitative estimate of drug-likeness (QED) is 0.850. The maximum atomic E-state index is 12.4. The van der Waals surface area contributed by atoms with Crippen molar-refractivity contribution >= 4 is 11.9 Å². The van der Waals surface area contributed by atoms with Gasteiger partial charge in [0.1, 0.15) is 0 Å². The van der Waals surface area contributed by atoms with Crippen molar-refractivity contribution in [3.05, 3.63) is 29.8 Å². The Kier molecular flexibility index (Phi) is 5.06. The van der Waals surface area contributed by atoms with Gasteiger partial charge in [0.05, 0.1) is 5.56 Å². The summed E-state index contributed by atoms with van der Waals surface area (Å²) in [5.74, 6) is -0.218. The predicted octanol–water partition coefficient (Wildman–Crippen LogP) is 1.81. The van der Waals surface area contributed by atoms with E-state index in [2.05, 4.69) is 20.6 Å². The van der Waals surface area contributed by atoms with Crippen molar-refractivity contribution in [2.24, 2.45) is 0 Å². The number of amides is 1. The number of carbonyl (C=O) groups is 2. The molecule has 2 atom stereocenters. The zero-order valence-corrected chi connectivity index (χ0v) is 14.3. The second kappa shape index (κ2) is 7.42. The van der Waals surface area contributed by atoms with Gasteiger partial charge < -0.3 is 9.64 Å². The van der Waals surface area contributed by atoms with E-state index in [1.54, 1.807) is 24.3 Å². The molecule has 0 saturated carbocycles. The molecule has 0 unspecified atom stereocenters. The van der Waals surface area contributed by atoms with Crippen LogP contribution in [-0.2, 0) is 9.53 Å². The Bertz CT molecular complexity index is 719. The van der Waals surface area contributed by atoms with Crippen LogP contribution >= 0.6 is 0 Å². The summed E-state index contributed by atoms with van der Waals surface area (Å²) in [6.07, 6.45) is 3.10. The van der Waals surface area contributed by atoms with Gasteiger partial charge in [0, 0.05) is 17.6 Å². The molecule has 1 saturated heterocycles. The molecule has 8 nitrogen and oxygen atoms in total. The maximum Gasteiger partial charge on any atom is 0.338 e. The molecule has 3 rings (SSSR count). The van der Waals surface area contributed by atoms with E-state index in [0.29, 0.717) is 11.4 Å². The fourth-order valence-electron chi connectivity index (χ4n) is 3.24. The molecule has 0 spiro atoms. The van der Waals surface area contributed by atoms with Crippen LogP contribution in [0, 0.1) is 0 Å². The lowest BCUT2D eigenvalue weighted by Gasteiger charge is -2.38. The van der Waals surface area contributed by atoms with Gasteiger partial charge in [-0.25, -0.2) is 4.79 Å². The highest BCUT2D eigenvalue weighted by Gasteiger charge is 2.29. The molecule has 132 valence electrons. The summed E-state index contributed by atoms with van der Waals surface area (Å²) in [6, 6.07) is 7.01. The molecule has 1 aromatic heterocycles. The summed E-state index contributed by atoms with van der Waals surface area (Å²) >= 11 is 0. The smallest absolute Gasteiger partial charge is 0.338 e. The molecule has 1 aliphatic heterocycles. The van der Waals surface area contributed by atoms with E-state index >= 15 is 0 Å². The molecule has 1 fully saturated rings. The minimum atomic E-state index is -0.523. The highest BCUT2D eigenvalue weighted by Crippen LogP contribution is 2.22. The normalized spacial score (nSPS) is 20.3. The lowest BCUT2D eigenvalue weighted by molar-refractivity contribution is -0.140. The number of H-pyrrole nitrogens is 1. The van der Waals surface area contributed by atoms with Crippen LogP contribution in [0.15, 0.2) is 24.3 Å². The third-order valence-corrected chi connectivity index (χ3v) is 4.53. The summed E-state index contributed by atoms with van der Waals surface area (Å²) in [5, 5.41) is 13.6. The number of hydrogen-bond acceptors (Lipinski definition) is 6. The SMILES string of the molecule is C[C@@H]1CCC[C@H](C)N1C(=O)COC(=O)c1ccc(-c2nn[nH]n2)cc1. The summed E-state index contributed by atoms with van der Waals surface area (Å²) in [4.78, 5) is 26.4. The number of tetrazole rings is 1. The van der Waals surface area contributed by atoms with Gasteiger partial charge in [0.2, 0.25) is 5.82 Å². The molecule has 2 heterocycles. The lowest BCUT2D eigenvalue weighted by Crippen LogP contribution is -2.49. The standard InChI is InChI=1S/C17H21N5O3/c1-11-4-3-5-12(2)22(11)15(23)10-25-17(24)14-8-6-13(7-9-14)16-18-20-21-19-16/h6-9,11-12H,3-5,10H2,1-2H3,(H,18,19,20,21)/t11-,12+. The van der Waals surface area contributed by atoms with Gasteiger partial charge in [0.25, 0.3) is 5.91 Å². The first kappa shape index (κ1) is 17.1. The minimum Gasteiger partial charge on any atom is -0.452 e. The fraction of sp³-hybridized carbons (Fsp3) is 0.471. The lowest BCUT2D eigenvalue weighted by atomic mass is 9.97. The number of likely N-dealkylation sites (tertiary alicyclic amines) is 1. The minimum absolute atomic E-state index is 0.142. The number of piperidine rings is 1. The van der Waals surface area contributed by atoms with Crippen LogP contribution in [0.1, 0.15) is 43.5 Å². The van der Waals surface area contributed by atoms with Gasteiger partial charge in [-0.05, 0) is 50.5 Å². The Balaban J connectivity index is 1.58. The number of nitrogens with one attached hydrogen (secondary N) is 1. The van der Waals surface area contributed by atoms with Crippen molar-refractivity contribution in [2.75, 3.05) is 6.61 Å². The Morgan fingerprint density at radius 3 is 2.48 bits per heavy atom. The highest BCUT2D eigenvalue weighted by atomic mass is 16.5. The average Bonchev–Trinajstić information content (AvgIpc) is 3.14. The zero-order valence-electron chi connectivity index (χ0n) is 14.3. The van der Waals surface area contributed by atoms with Crippen molar-refractivity contribution < 1.29 is 14.3 Å². The van der Waals surface area contributed by atoms with Crippen molar-refractivity contribution in [2.45, 2.75) is 45.2 Å². The Hall–Kier alpha value is -2.77. The van der Waals surface area contributed by atoms with Crippen LogP contribution in [-0.4, -0.2) is 56.1 Å². The van der Waals surface area contributed by atoms with E-state index in [1.165, 1.54) is 0 Å². The Labute approximate surface area is 145 Å². The van der Waals surface area contributed by atoms with Crippen LogP contribution in [0.2, 0.25) is 0 Å². The second-order valence-electron chi connectivity index (χ2n) is 6.32. The zero-order chi connectivity index (χ0) is 17.8. The molecule has 1 amide bonds. The summed E-state index contributed by atoms with van der Waals surface area (Å²) < 4.78 is 5.19. The molecule has 1 aliphatic rings. The molecule has 1 N–H and O–H groups in total. The van der Waals surface area contributed by atoms with E-state index in [4.69, 9.17) is 4.74 Å². The molecule has 8 heteroatoms. The number of rotatable bonds is 4. The largest absolute Gasteiger partial charge is 0.452 e. The van der Waals surface area contributed by atoms with Crippen molar-refractivity contribution in [1.29, 1.82) is 0 Å². The van der Waals surface area contributed by atoms with Gasteiger partial charge in [0.15, 0.2) is 6.61 Å². The third kappa shape index (κ3) is 3.84. The number of ether oxygens (including phenoxy) is 1. The predicted molar refractivity (Wildman–Crippen MR) is 89.5 cm³/mol. The molecule has 0 bridgehead atoms. The Morgan fingerprint density at radius 1 is 1.20 bits per heavy atom. The molecular weight excluding hydrogens is 322 g/mol. The van der Waals surface area contributed by atoms with Crippen LogP contribution in [0.25, 0.3) is 11.4 Å². The van der Waals surface area contributed by atoms with Gasteiger partial charge in [-0.2, -0.15) is 5.21 Å². The van der Waals surface area contributed by atoms with E-state index in [-0.39, 0.29) is 24.6 Å². The highest BCUT2D eigenvalue weighted by molar-refractivity contribution is 5.91. The topological polar surface area (TPSA) is 101 Å². The van der Waals surface area contributed by atoms with Crippen LogP contribution < -0.4 is 0 Å². The number of esters is 1. The molecule has 25 heavy (non-hydrogen) atoms. The maximum absolute atomic E-state index is 12.4. The fourth-order valence-corrected chi connectivity index (χ4v) is 3.24. The van der Waals surface area contributed by atoms with Crippen molar-refractivity contribution in [3.8, 4) is 11.4 Å². The first-order valence-corrected chi connectivity index (χ1v) is 8.38. The van der Waals surface area contributed by atoms with Crippen LogP contribution in [0.3, 0.4) is 0 Å². The van der Waals surface area contributed by atoms with E-state index < -0.39 is 5.97 Å². The second-order valence-corrected chi connectivity index (χ2v) is 6.32. The first-order valence-electron chi connectivity index (χ1n) is 8.38. The van der Waals surface area contributed by atoms with Gasteiger partial charge in [-0.15, -0.1) is 10.2 Å². The van der Waals surface area contributed by atoms with Crippen molar-refractivity contribution in [3.63, 3.8) is 0 Å². The summed E-state index contributed by atoms with van der Waals surface area (Å²) in [5.41, 5.74) is 1.11. The Morgan fingerprint density at radius 2 is 1.88 bits per heavy atom. The number of aromatic nitrogens is 4. The number of benzene rings is 1. The van der Waals surface area contributed by atoms with Crippen LogP contribution in [0.4, 0.5) is 0 Å². The van der Waals surface area contributed by atoms with Gasteiger partial charge in [-0.3, -0.25) is 4.79 Å². The number of hydrogen-bond donors (Lipinski definition) is 1. The molecule has 1 aromatic carbocycles. The number of carbonyl (C=O) groups excluding carboxylic acids is 2. The molecule has 2 aromatic rings. The average molecular weight is 343 g/mol. The number of nitrogens with zero attached hydrogens (tertiary/aromatic N) is 4. The number of aromatic amines is 1. The molecule has 0 radical (unpaired) electrons. The molecular formula is C17H21N5O3. The summed E-state index contributed by atoms with van der Waals surface area (Å²) in [7, 11) is 0.